The van der Waals surface area contributed by atoms with Gasteiger partial charge >= 0.3 is 0 Å². The second kappa shape index (κ2) is 8.97. The summed E-state index contributed by atoms with van der Waals surface area (Å²) in [6.07, 6.45) is 0.583. The maximum atomic E-state index is 14.8. The number of benzene rings is 2. The molecule has 27 heavy (non-hydrogen) atoms. The van der Waals surface area contributed by atoms with Gasteiger partial charge in [-0.25, -0.2) is 4.39 Å². The smallest absolute Gasteiger partial charge is 0.153 e. The van der Waals surface area contributed by atoms with E-state index in [2.05, 4.69) is 10.2 Å². The molecule has 0 aromatic heterocycles. The van der Waals surface area contributed by atoms with Crippen molar-refractivity contribution in [2.45, 2.75) is 19.5 Å². The van der Waals surface area contributed by atoms with Crippen LogP contribution in [0.2, 0.25) is 0 Å². The van der Waals surface area contributed by atoms with Crippen molar-refractivity contribution in [1.29, 1.82) is 0 Å². The van der Waals surface area contributed by atoms with Crippen molar-refractivity contribution in [2.24, 2.45) is 0 Å². The van der Waals surface area contributed by atoms with Crippen molar-refractivity contribution in [3.8, 4) is 5.75 Å². The SMILES string of the molecule is COc1cccc(NC(C)c2cc(CN3CCOCC3)cc(C=O)c2F)c1. The zero-order valence-electron chi connectivity index (χ0n) is 15.7. The number of morpholine rings is 1. The molecule has 1 aliphatic rings. The van der Waals surface area contributed by atoms with Crippen LogP contribution in [0.5, 0.6) is 5.75 Å². The summed E-state index contributed by atoms with van der Waals surface area (Å²) in [6.45, 7) is 5.61. The van der Waals surface area contributed by atoms with Gasteiger partial charge in [0.2, 0.25) is 0 Å². The number of aldehydes is 1. The first-order valence-corrected chi connectivity index (χ1v) is 9.09. The minimum absolute atomic E-state index is 0.0926. The topological polar surface area (TPSA) is 50.8 Å². The van der Waals surface area contributed by atoms with Gasteiger partial charge in [0.05, 0.1) is 31.9 Å². The molecule has 0 spiro atoms. The van der Waals surface area contributed by atoms with Gasteiger partial charge in [-0.3, -0.25) is 9.69 Å². The quantitative estimate of drug-likeness (QED) is 0.752. The summed E-state index contributed by atoms with van der Waals surface area (Å²) in [5.74, 6) is 0.251. The standard InChI is InChI=1S/C21H25FN2O3/c1-15(23-18-4-3-5-19(12-18)26-2)20-11-16(10-17(14-25)21(20)22)13-24-6-8-27-9-7-24/h3-5,10-12,14-15,23H,6-9,13H2,1-2H3. The van der Waals surface area contributed by atoms with E-state index in [0.717, 1.165) is 30.1 Å². The average Bonchev–Trinajstić information content (AvgIpc) is 2.70. The fraction of sp³-hybridized carbons (Fsp3) is 0.381. The molecule has 6 heteroatoms. The number of carbonyl (C=O) groups is 1. The zero-order chi connectivity index (χ0) is 19.2. The maximum absolute atomic E-state index is 14.8. The van der Waals surface area contributed by atoms with Crippen LogP contribution in [0.25, 0.3) is 0 Å². The van der Waals surface area contributed by atoms with Gasteiger partial charge < -0.3 is 14.8 Å². The molecule has 1 N–H and O–H groups in total. The molecular formula is C21H25FN2O3. The molecule has 1 unspecified atom stereocenters. The number of carbonyl (C=O) groups excluding carboxylic acids is 1. The normalized spacial score (nSPS) is 16.0. The predicted octanol–water partition coefficient (Wildman–Crippen LogP) is 3.65. The summed E-state index contributed by atoms with van der Waals surface area (Å²) >= 11 is 0. The number of methoxy groups -OCH3 is 1. The van der Waals surface area contributed by atoms with E-state index >= 15 is 0 Å². The molecule has 2 aromatic rings. The van der Waals surface area contributed by atoms with Gasteiger partial charge in [-0.15, -0.1) is 0 Å². The molecule has 1 heterocycles. The number of anilines is 1. The van der Waals surface area contributed by atoms with E-state index in [4.69, 9.17) is 9.47 Å². The lowest BCUT2D eigenvalue weighted by atomic mass is 9.99. The largest absolute Gasteiger partial charge is 0.497 e. The Bertz CT molecular complexity index is 791. The number of nitrogens with one attached hydrogen (secondary N) is 1. The summed E-state index contributed by atoms with van der Waals surface area (Å²) < 4.78 is 25.4. The van der Waals surface area contributed by atoms with E-state index < -0.39 is 5.82 Å². The van der Waals surface area contributed by atoms with Crippen LogP contribution in [0.3, 0.4) is 0 Å². The highest BCUT2D eigenvalue weighted by Crippen LogP contribution is 2.27. The van der Waals surface area contributed by atoms with Gasteiger partial charge in [-0.2, -0.15) is 0 Å². The van der Waals surface area contributed by atoms with Gasteiger partial charge in [0.25, 0.3) is 0 Å². The first kappa shape index (κ1) is 19.3. The molecule has 1 fully saturated rings. The van der Waals surface area contributed by atoms with E-state index in [9.17, 15) is 9.18 Å². The van der Waals surface area contributed by atoms with Crippen molar-refractivity contribution < 1.29 is 18.7 Å². The Morgan fingerprint density at radius 3 is 2.78 bits per heavy atom. The fourth-order valence-electron chi connectivity index (χ4n) is 3.28. The first-order chi connectivity index (χ1) is 13.1. The number of hydrogen-bond donors (Lipinski definition) is 1. The highest BCUT2D eigenvalue weighted by Gasteiger charge is 2.18. The minimum Gasteiger partial charge on any atom is -0.497 e. The van der Waals surface area contributed by atoms with Crippen LogP contribution >= 0.6 is 0 Å². The summed E-state index contributed by atoms with van der Waals surface area (Å²) in [6, 6.07) is 10.7. The Morgan fingerprint density at radius 1 is 1.30 bits per heavy atom. The van der Waals surface area contributed by atoms with Crippen LogP contribution in [-0.2, 0) is 11.3 Å². The molecule has 0 amide bonds. The molecule has 0 radical (unpaired) electrons. The molecule has 1 saturated heterocycles. The van der Waals surface area contributed by atoms with Gasteiger partial charge in [0.15, 0.2) is 6.29 Å². The lowest BCUT2D eigenvalue weighted by Gasteiger charge is -2.27. The molecule has 144 valence electrons. The molecule has 1 aliphatic heterocycles. The number of halogens is 1. The average molecular weight is 372 g/mol. The van der Waals surface area contributed by atoms with E-state index in [0.29, 0.717) is 31.6 Å². The van der Waals surface area contributed by atoms with Crippen LogP contribution in [0, 0.1) is 5.82 Å². The van der Waals surface area contributed by atoms with Crippen molar-refractivity contribution in [3.63, 3.8) is 0 Å². The third-order valence-corrected chi connectivity index (χ3v) is 4.74. The van der Waals surface area contributed by atoms with E-state index in [1.807, 2.05) is 37.3 Å². The van der Waals surface area contributed by atoms with Crippen LogP contribution < -0.4 is 10.1 Å². The zero-order valence-corrected chi connectivity index (χ0v) is 15.7. The van der Waals surface area contributed by atoms with Gasteiger partial charge in [0, 0.05) is 37.0 Å². The fourth-order valence-corrected chi connectivity index (χ4v) is 3.28. The number of ether oxygens (including phenoxy) is 2. The number of nitrogens with zero attached hydrogens (tertiary/aromatic N) is 1. The molecule has 3 rings (SSSR count). The highest BCUT2D eigenvalue weighted by molar-refractivity contribution is 5.76. The Kier molecular flexibility index (Phi) is 6.42. The molecule has 0 bridgehead atoms. The molecule has 1 atom stereocenters. The second-order valence-electron chi connectivity index (χ2n) is 6.69. The summed E-state index contributed by atoms with van der Waals surface area (Å²) in [7, 11) is 1.60. The van der Waals surface area contributed by atoms with E-state index in [-0.39, 0.29) is 11.6 Å². The van der Waals surface area contributed by atoms with Crippen LogP contribution in [0.4, 0.5) is 10.1 Å². The monoisotopic (exact) mass is 372 g/mol. The second-order valence-corrected chi connectivity index (χ2v) is 6.69. The molecule has 0 aliphatic carbocycles. The summed E-state index contributed by atoms with van der Waals surface area (Å²) in [5.41, 5.74) is 2.32. The van der Waals surface area contributed by atoms with Crippen molar-refractivity contribution in [3.05, 3.63) is 58.9 Å². The predicted molar refractivity (Wildman–Crippen MR) is 103 cm³/mol. The number of hydrogen-bond acceptors (Lipinski definition) is 5. The summed E-state index contributed by atoms with van der Waals surface area (Å²) in [5, 5.41) is 3.29. The Balaban J connectivity index is 1.83. The third kappa shape index (κ3) is 4.84. The van der Waals surface area contributed by atoms with Crippen molar-refractivity contribution in [2.75, 3.05) is 38.7 Å². The molecule has 5 nitrogen and oxygen atoms in total. The summed E-state index contributed by atoms with van der Waals surface area (Å²) in [4.78, 5) is 13.6. The minimum atomic E-state index is -0.473. The van der Waals surface area contributed by atoms with Gasteiger partial charge in [-0.1, -0.05) is 6.07 Å². The first-order valence-electron chi connectivity index (χ1n) is 9.09. The van der Waals surface area contributed by atoms with E-state index in [1.54, 1.807) is 13.2 Å². The number of rotatable bonds is 7. The van der Waals surface area contributed by atoms with Crippen LogP contribution in [0.15, 0.2) is 36.4 Å². The third-order valence-electron chi connectivity index (χ3n) is 4.74. The van der Waals surface area contributed by atoms with Crippen LogP contribution in [0.1, 0.15) is 34.5 Å². The Labute approximate surface area is 159 Å². The van der Waals surface area contributed by atoms with Crippen molar-refractivity contribution in [1.82, 2.24) is 4.90 Å². The Morgan fingerprint density at radius 2 is 2.07 bits per heavy atom. The van der Waals surface area contributed by atoms with Crippen molar-refractivity contribution >= 4 is 12.0 Å². The lowest BCUT2D eigenvalue weighted by molar-refractivity contribution is 0.0341. The highest BCUT2D eigenvalue weighted by atomic mass is 19.1. The van der Waals surface area contributed by atoms with Crippen LogP contribution in [-0.4, -0.2) is 44.6 Å². The van der Waals surface area contributed by atoms with Gasteiger partial charge in [-0.05, 0) is 36.8 Å². The maximum Gasteiger partial charge on any atom is 0.153 e. The molecule has 2 aromatic carbocycles. The van der Waals surface area contributed by atoms with Gasteiger partial charge in [0.1, 0.15) is 11.6 Å². The Hall–Kier alpha value is -2.44. The van der Waals surface area contributed by atoms with E-state index in [1.165, 1.54) is 0 Å². The molecular weight excluding hydrogens is 347 g/mol. The lowest BCUT2D eigenvalue weighted by Crippen LogP contribution is -2.35. The molecule has 0 saturated carbocycles.